The van der Waals surface area contributed by atoms with Crippen LogP contribution in [0.25, 0.3) is 0 Å². The molecule has 1 aromatic carbocycles. The Hall–Kier alpha value is -2.89. The number of nitrogens with zero attached hydrogens (tertiary/aromatic N) is 1. The van der Waals surface area contributed by atoms with Crippen molar-refractivity contribution in [1.82, 2.24) is 4.57 Å². The van der Waals surface area contributed by atoms with Crippen LogP contribution in [0.2, 0.25) is 0 Å². The number of aliphatic carboxylic acids is 1. The number of amides is 1. The van der Waals surface area contributed by atoms with Gasteiger partial charge in [0.15, 0.2) is 0 Å². The number of aromatic nitrogens is 1. The molecule has 0 radical (unpaired) electrons. The van der Waals surface area contributed by atoms with Crippen molar-refractivity contribution in [1.29, 1.82) is 0 Å². The summed E-state index contributed by atoms with van der Waals surface area (Å²) in [6.07, 6.45) is 1.53. The third-order valence-electron chi connectivity index (χ3n) is 2.78. The molecule has 2 N–H and O–H groups in total. The lowest BCUT2D eigenvalue weighted by molar-refractivity contribution is -0.137. The third kappa shape index (κ3) is 4.31. The molecule has 0 fully saturated rings. The van der Waals surface area contributed by atoms with Gasteiger partial charge in [-0.05, 0) is 11.6 Å². The molecule has 21 heavy (non-hydrogen) atoms. The van der Waals surface area contributed by atoms with Crippen LogP contribution in [-0.2, 0) is 22.6 Å². The Morgan fingerprint density at radius 2 is 1.81 bits per heavy atom. The lowest BCUT2D eigenvalue weighted by Crippen LogP contribution is -2.24. The Balaban J connectivity index is 2.07. The van der Waals surface area contributed by atoms with Crippen molar-refractivity contribution < 1.29 is 14.7 Å². The molecular formula is C15H14N2O4. The van der Waals surface area contributed by atoms with E-state index in [1.54, 1.807) is 0 Å². The Kier molecular flexibility index (Phi) is 4.50. The SMILES string of the molecule is O=C(O)Cn1cc(NC(=O)Cc2ccccc2)ccc1=O. The average molecular weight is 286 g/mol. The Labute approximate surface area is 120 Å². The highest BCUT2D eigenvalue weighted by molar-refractivity contribution is 5.92. The van der Waals surface area contributed by atoms with Crippen LogP contribution in [0.5, 0.6) is 0 Å². The number of anilines is 1. The second-order valence-corrected chi connectivity index (χ2v) is 4.49. The van der Waals surface area contributed by atoms with Gasteiger partial charge in [0, 0.05) is 12.3 Å². The zero-order chi connectivity index (χ0) is 15.2. The van der Waals surface area contributed by atoms with Crippen LogP contribution in [0.3, 0.4) is 0 Å². The largest absolute Gasteiger partial charge is 0.480 e. The molecule has 0 saturated carbocycles. The van der Waals surface area contributed by atoms with Gasteiger partial charge < -0.3 is 15.0 Å². The maximum Gasteiger partial charge on any atom is 0.323 e. The molecule has 6 nitrogen and oxygen atoms in total. The summed E-state index contributed by atoms with van der Waals surface area (Å²) in [5.41, 5.74) is 0.823. The molecular weight excluding hydrogens is 272 g/mol. The van der Waals surface area contributed by atoms with Gasteiger partial charge in [-0.25, -0.2) is 0 Å². The van der Waals surface area contributed by atoms with Crippen molar-refractivity contribution in [2.24, 2.45) is 0 Å². The van der Waals surface area contributed by atoms with Gasteiger partial charge in [0.2, 0.25) is 5.91 Å². The van der Waals surface area contributed by atoms with E-state index in [1.165, 1.54) is 18.3 Å². The van der Waals surface area contributed by atoms with Crippen molar-refractivity contribution >= 4 is 17.6 Å². The minimum absolute atomic E-state index is 0.207. The molecule has 0 unspecified atom stereocenters. The van der Waals surface area contributed by atoms with Gasteiger partial charge in [0.1, 0.15) is 6.54 Å². The van der Waals surface area contributed by atoms with Crippen molar-refractivity contribution in [3.63, 3.8) is 0 Å². The summed E-state index contributed by atoms with van der Waals surface area (Å²) in [6, 6.07) is 11.9. The van der Waals surface area contributed by atoms with E-state index in [-0.39, 0.29) is 12.3 Å². The first-order chi connectivity index (χ1) is 10.0. The molecule has 108 valence electrons. The number of hydrogen-bond acceptors (Lipinski definition) is 3. The van der Waals surface area contributed by atoms with Crippen LogP contribution >= 0.6 is 0 Å². The van der Waals surface area contributed by atoms with Crippen molar-refractivity contribution in [2.75, 3.05) is 5.32 Å². The standard InChI is InChI=1S/C15H14N2O4/c18-13(8-11-4-2-1-3-5-11)16-12-6-7-14(19)17(9-12)10-15(20)21/h1-7,9H,8,10H2,(H,16,18)(H,20,21). The van der Waals surface area contributed by atoms with E-state index in [0.717, 1.165) is 10.1 Å². The van der Waals surface area contributed by atoms with E-state index >= 15 is 0 Å². The van der Waals surface area contributed by atoms with E-state index in [4.69, 9.17) is 5.11 Å². The summed E-state index contributed by atoms with van der Waals surface area (Å²) in [4.78, 5) is 34.0. The molecule has 0 bridgehead atoms. The first-order valence-electron chi connectivity index (χ1n) is 6.30. The van der Waals surface area contributed by atoms with Crippen LogP contribution in [0.4, 0.5) is 5.69 Å². The summed E-state index contributed by atoms with van der Waals surface area (Å²) in [5.74, 6) is -1.36. The smallest absolute Gasteiger partial charge is 0.323 e. The minimum Gasteiger partial charge on any atom is -0.480 e. The molecule has 0 spiro atoms. The topological polar surface area (TPSA) is 88.4 Å². The number of carbonyl (C=O) groups is 2. The molecule has 0 saturated heterocycles. The maximum absolute atomic E-state index is 11.9. The second-order valence-electron chi connectivity index (χ2n) is 4.49. The molecule has 0 aliphatic heterocycles. The van der Waals surface area contributed by atoms with Gasteiger partial charge in [0.25, 0.3) is 5.56 Å². The summed E-state index contributed by atoms with van der Waals surface area (Å²) in [7, 11) is 0. The van der Waals surface area contributed by atoms with Crippen LogP contribution in [-0.4, -0.2) is 21.6 Å². The molecule has 6 heteroatoms. The third-order valence-corrected chi connectivity index (χ3v) is 2.78. The fourth-order valence-corrected chi connectivity index (χ4v) is 1.86. The first-order valence-corrected chi connectivity index (χ1v) is 6.30. The van der Waals surface area contributed by atoms with Crippen LogP contribution in [0, 0.1) is 0 Å². The minimum atomic E-state index is -1.12. The number of rotatable bonds is 5. The van der Waals surface area contributed by atoms with Crippen molar-refractivity contribution in [2.45, 2.75) is 13.0 Å². The average Bonchev–Trinajstić information content (AvgIpc) is 2.43. The van der Waals surface area contributed by atoms with Gasteiger partial charge in [-0.3, -0.25) is 14.4 Å². The summed E-state index contributed by atoms with van der Waals surface area (Å²) >= 11 is 0. The van der Waals surface area contributed by atoms with E-state index in [0.29, 0.717) is 5.69 Å². The summed E-state index contributed by atoms with van der Waals surface area (Å²) < 4.78 is 1.03. The number of hydrogen-bond donors (Lipinski definition) is 2. The van der Waals surface area contributed by atoms with Crippen molar-refractivity contribution in [3.05, 3.63) is 64.6 Å². The zero-order valence-corrected chi connectivity index (χ0v) is 11.2. The molecule has 2 rings (SSSR count). The summed E-state index contributed by atoms with van der Waals surface area (Å²) in [5, 5.41) is 11.4. The highest BCUT2D eigenvalue weighted by atomic mass is 16.4. The molecule has 1 aromatic heterocycles. The highest BCUT2D eigenvalue weighted by Crippen LogP contribution is 2.06. The van der Waals surface area contributed by atoms with E-state index in [1.807, 2.05) is 30.3 Å². The molecule has 0 aliphatic carbocycles. The highest BCUT2D eigenvalue weighted by Gasteiger charge is 2.07. The monoisotopic (exact) mass is 286 g/mol. The van der Waals surface area contributed by atoms with Gasteiger partial charge >= 0.3 is 5.97 Å². The van der Waals surface area contributed by atoms with Crippen LogP contribution in [0.15, 0.2) is 53.5 Å². The summed E-state index contributed by atoms with van der Waals surface area (Å²) in [6.45, 7) is -0.443. The fraction of sp³-hybridized carbons (Fsp3) is 0.133. The number of nitrogens with one attached hydrogen (secondary N) is 1. The predicted molar refractivity (Wildman–Crippen MR) is 77.1 cm³/mol. The number of carbonyl (C=O) groups excluding carboxylic acids is 1. The Morgan fingerprint density at radius 1 is 1.10 bits per heavy atom. The number of carboxylic acids is 1. The number of carboxylic acid groups (broad SMARTS) is 1. The van der Waals surface area contributed by atoms with Crippen LogP contribution in [0.1, 0.15) is 5.56 Å². The number of pyridine rings is 1. The van der Waals surface area contributed by atoms with Gasteiger partial charge in [-0.2, -0.15) is 0 Å². The fourth-order valence-electron chi connectivity index (χ4n) is 1.86. The van der Waals surface area contributed by atoms with E-state index in [2.05, 4.69) is 5.32 Å². The molecule has 0 aliphatic rings. The molecule has 2 aromatic rings. The quantitative estimate of drug-likeness (QED) is 0.862. The Bertz CT molecular complexity index is 707. The van der Waals surface area contributed by atoms with Gasteiger partial charge in [-0.15, -0.1) is 0 Å². The molecule has 0 atom stereocenters. The van der Waals surface area contributed by atoms with Crippen molar-refractivity contribution in [3.8, 4) is 0 Å². The number of benzene rings is 1. The first kappa shape index (κ1) is 14.5. The van der Waals surface area contributed by atoms with Gasteiger partial charge in [0.05, 0.1) is 12.1 Å². The lowest BCUT2D eigenvalue weighted by Gasteiger charge is -2.08. The lowest BCUT2D eigenvalue weighted by atomic mass is 10.1. The van der Waals surface area contributed by atoms with Gasteiger partial charge in [-0.1, -0.05) is 30.3 Å². The Morgan fingerprint density at radius 3 is 2.48 bits per heavy atom. The molecule has 1 amide bonds. The zero-order valence-electron chi connectivity index (χ0n) is 11.2. The second kappa shape index (κ2) is 6.51. The predicted octanol–water partition coefficient (Wildman–Crippen LogP) is 1.11. The molecule has 1 heterocycles. The van der Waals surface area contributed by atoms with Crippen LogP contribution < -0.4 is 10.9 Å². The maximum atomic E-state index is 11.9. The normalized spacial score (nSPS) is 10.1. The van der Waals surface area contributed by atoms with E-state index < -0.39 is 18.1 Å². The van der Waals surface area contributed by atoms with E-state index in [9.17, 15) is 14.4 Å².